The van der Waals surface area contributed by atoms with Gasteiger partial charge in [0.1, 0.15) is 5.82 Å². The number of nitrogens with zero attached hydrogens (tertiary/aromatic N) is 3. The lowest BCUT2D eigenvalue weighted by Gasteiger charge is -2.32. The summed E-state index contributed by atoms with van der Waals surface area (Å²) in [7, 11) is 0. The summed E-state index contributed by atoms with van der Waals surface area (Å²) in [6, 6.07) is 14.0. The fraction of sp³-hybridized carbons (Fsp3) is 0.320. The van der Waals surface area contributed by atoms with Crippen molar-refractivity contribution in [2.75, 3.05) is 18.4 Å². The minimum atomic E-state index is 0.0633. The fourth-order valence-electron chi connectivity index (χ4n) is 3.97. The SMILES string of the molecule is C#Cc1ccc(C2CCN(C(=O)c3ccc(C)c(Nc4n[nH]c(CC)n4)c3)CC2)cc1. The van der Waals surface area contributed by atoms with Crippen LogP contribution in [0.3, 0.4) is 0 Å². The number of likely N-dealkylation sites (tertiary alicyclic amines) is 1. The molecule has 1 saturated heterocycles. The standard InChI is InChI=1S/C25H27N5O/c1-4-18-7-10-19(11-8-18)20-12-14-30(15-13-20)24(31)21-9-6-17(3)22(16-21)26-25-27-23(5-2)28-29-25/h1,6-11,16,20H,5,12-15H2,2-3H3,(H2,26,27,28,29). The molecule has 4 rings (SSSR count). The summed E-state index contributed by atoms with van der Waals surface area (Å²) in [5.74, 6) is 4.52. The Balaban J connectivity index is 1.42. The summed E-state index contributed by atoms with van der Waals surface area (Å²) < 4.78 is 0. The molecular weight excluding hydrogens is 386 g/mol. The highest BCUT2D eigenvalue weighted by Crippen LogP contribution is 2.29. The highest BCUT2D eigenvalue weighted by atomic mass is 16.2. The van der Waals surface area contributed by atoms with Crippen LogP contribution in [-0.4, -0.2) is 39.1 Å². The molecule has 1 amide bonds. The molecule has 1 fully saturated rings. The second-order valence-corrected chi connectivity index (χ2v) is 7.95. The molecule has 0 atom stereocenters. The van der Waals surface area contributed by atoms with Crippen LogP contribution in [0, 0.1) is 19.3 Å². The molecule has 31 heavy (non-hydrogen) atoms. The first kappa shape index (κ1) is 20.7. The van der Waals surface area contributed by atoms with E-state index in [0.29, 0.717) is 17.4 Å². The molecule has 1 aliphatic heterocycles. The summed E-state index contributed by atoms with van der Waals surface area (Å²) in [5, 5.41) is 10.3. The van der Waals surface area contributed by atoms with E-state index in [-0.39, 0.29) is 5.91 Å². The van der Waals surface area contributed by atoms with Gasteiger partial charge in [0.25, 0.3) is 5.91 Å². The quantitative estimate of drug-likeness (QED) is 0.607. The van der Waals surface area contributed by atoms with Crippen LogP contribution in [0.4, 0.5) is 11.6 Å². The number of hydrogen-bond acceptors (Lipinski definition) is 4. The summed E-state index contributed by atoms with van der Waals surface area (Å²) in [4.78, 5) is 19.5. The number of carbonyl (C=O) groups is 1. The number of terminal acetylenes is 1. The lowest BCUT2D eigenvalue weighted by Crippen LogP contribution is -2.37. The predicted octanol–water partition coefficient (Wildman–Crippen LogP) is 4.42. The van der Waals surface area contributed by atoms with Gasteiger partial charge < -0.3 is 10.2 Å². The van der Waals surface area contributed by atoms with Gasteiger partial charge in [-0.2, -0.15) is 4.98 Å². The highest BCUT2D eigenvalue weighted by molar-refractivity contribution is 5.95. The van der Waals surface area contributed by atoms with E-state index in [0.717, 1.165) is 55.0 Å². The van der Waals surface area contributed by atoms with Crippen molar-refractivity contribution in [3.05, 3.63) is 70.5 Å². The third-order valence-electron chi connectivity index (χ3n) is 5.93. The summed E-state index contributed by atoms with van der Waals surface area (Å²) >= 11 is 0. The summed E-state index contributed by atoms with van der Waals surface area (Å²) in [6.45, 7) is 5.51. The van der Waals surface area contributed by atoms with Crippen LogP contribution in [-0.2, 0) is 6.42 Å². The van der Waals surface area contributed by atoms with E-state index < -0.39 is 0 Å². The Kier molecular flexibility index (Phi) is 6.03. The molecule has 0 aliphatic carbocycles. The number of anilines is 2. The average Bonchev–Trinajstić information content (AvgIpc) is 3.28. The molecule has 0 radical (unpaired) electrons. The summed E-state index contributed by atoms with van der Waals surface area (Å²) in [6.07, 6.45) is 8.14. The van der Waals surface area contributed by atoms with Gasteiger partial charge in [0.2, 0.25) is 5.95 Å². The van der Waals surface area contributed by atoms with E-state index >= 15 is 0 Å². The number of rotatable bonds is 5. The third-order valence-corrected chi connectivity index (χ3v) is 5.93. The van der Waals surface area contributed by atoms with Crippen molar-refractivity contribution < 1.29 is 4.79 Å². The van der Waals surface area contributed by atoms with Gasteiger partial charge in [-0.15, -0.1) is 11.5 Å². The third kappa shape index (κ3) is 4.61. The van der Waals surface area contributed by atoms with Gasteiger partial charge in [-0.3, -0.25) is 9.89 Å². The lowest BCUT2D eigenvalue weighted by atomic mass is 9.89. The van der Waals surface area contributed by atoms with E-state index in [1.165, 1.54) is 5.56 Å². The topological polar surface area (TPSA) is 73.9 Å². The van der Waals surface area contributed by atoms with Gasteiger partial charge in [-0.05, 0) is 61.1 Å². The normalized spacial score (nSPS) is 14.3. The number of benzene rings is 2. The molecule has 6 nitrogen and oxygen atoms in total. The van der Waals surface area contributed by atoms with Gasteiger partial charge in [-0.25, -0.2) is 0 Å². The zero-order valence-corrected chi connectivity index (χ0v) is 18.0. The molecule has 158 valence electrons. The Labute approximate surface area is 183 Å². The predicted molar refractivity (Wildman–Crippen MR) is 122 cm³/mol. The van der Waals surface area contributed by atoms with Crippen LogP contribution in [0.15, 0.2) is 42.5 Å². The molecule has 0 unspecified atom stereocenters. The zero-order valence-electron chi connectivity index (χ0n) is 18.0. The Morgan fingerprint density at radius 3 is 2.61 bits per heavy atom. The van der Waals surface area contributed by atoms with Crippen LogP contribution in [0.2, 0.25) is 0 Å². The molecule has 0 spiro atoms. The molecule has 6 heteroatoms. The first-order valence-electron chi connectivity index (χ1n) is 10.7. The fourth-order valence-corrected chi connectivity index (χ4v) is 3.97. The Morgan fingerprint density at radius 2 is 1.97 bits per heavy atom. The zero-order chi connectivity index (χ0) is 21.8. The second kappa shape index (κ2) is 9.05. The molecule has 0 saturated carbocycles. The average molecular weight is 414 g/mol. The second-order valence-electron chi connectivity index (χ2n) is 7.95. The smallest absolute Gasteiger partial charge is 0.253 e. The number of hydrogen-bond donors (Lipinski definition) is 2. The molecular formula is C25H27N5O. The number of piperidine rings is 1. The van der Waals surface area contributed by atoms with Crippen molar-refractivity contribution >= 4 is 17.5 Å². The highest BCUT2D eigenvalue weighted by Gasteiger charge is 2.25. The molecule has 0 bridgehead atoms. The van der Waals surface area contributed by atoms with E-state index in [1.807, 2.05) is 49.1 Å². The van der Waals surface area contributed by atoms with Crippen molar-refractivity contribution in [3.63, 3.8) is 0 Å². The Hall–Kier alpha value is -3.59. The van der Waals surface area contributed by atoms with E-state index in [1.54, 1.807) is 0 Å². The lowest BCUT2D eigenvalue weighted by molar-refractivity contribution is 0.0713. The number of amides is 1. The van der Waals surface area contributed by atoms with Crippen LogP contribution in [0.25, 0.3) is 0 Å². The molecule has 3 aromatic rings. The van der Waals surface area contributed by atoms with Crippen LogP contribution in [0.1, 0.15) is 58.6 Å². The monoisotopic (exact) mass is 413 g/mol. The number of aromatic amines is 1. The number of H-pyrrole nitrogens is 1. The van der Waals surface area contributed by atoms with Gasteiger partial charge >= 0.3 is 0 Å². The molecule has 1 aliphatic rings. The Morgan fingerprint density at radius 1 is 1.23 bits per heavy atom. The van der Waals surface area contributed by atoms with Crippen molar-refractivity contribution in [2.24, 2.45) is 0 Å². The van der Waals surface area contributed by atoms with Gasteiger partial charge in [-0.1, -0.05) is 31.0 Å². The maximum atomic E-state index is 13.1. The maximum Gasteiger partial charge on any atom is 0.253 e. The van der Waals surface area contributed by atoms with Gasteiger partial charge in [0, 0.05) is 36.3 Å². The van der Waals surface area contributed by atoms with Gasteiger partial charge in [0.15, 0.2) is 0 Å². The molecule has 2 N–H and O–H groups in total. The van der Waals surface area contributed by atoms with Crippen molar-refractivity contribution in [3.8, 4) is 12.3 Å². The van der Waals surface area contributed by atoms with Gasteiger partial charge in [0.05, 0.1) is 0 Å². The van der Waals surface area contributed by atoms with E-state index in [9.17, 15) is 4.79 Å². The summed E-state index contributed by atoms with van der Waals surface area (Å²) in [5.41, 5.74) is 4.75. The van der Waals surface area contributed by atoms with Crippen LogP contribution in [0.5, 0.6) is 0 Å². The number of aromatic nitrogens is 3. The first-order valence-corrected chi connectivity index (χ1v) is 10.7. The molecule has 2 heterocycles. The minimum Gasteiger partial charge on any atom is -0.339 e. The largest absolute Gasteiger partial charge is 0.339 e. The molecule has 2 aromatic carbocycles. The van der Waals surface area contributed by atoms with Crippen molar-refractivity contribution in [1.82, 2.24) is 20.1 Å². The number of nitrogens with one attached hydrogen (secondary N) is 2. The Bertz CT molecular complexity index is 1100. The van der Waals surface area contributed by atoms with Crippen molar-refractivity contribution in [2.45, 2.75) is 39.0 Å². The molecule has 1 aromatic heterocycles. The van der Waals surface area contributed by atoms with Crippen LogP contribution < -0.4 is 5.32 Å². The maximum absolute atomic E-state index is 13.1. The van der Waals surface area contributed by atoms with Crippen molar-refractivity contribution in [1.29, 1.82) is 0 Å². The van der Waals surface area contributed by atoms with Crippen LogP contribution >= 0.6 is 0 Å². The first-order chi connectivity index (χ1) is 15.1. The van der Waals surface area contributed by atoms with E-state index in [4.69, 9.17) is 6.42 Å². The number of aryl methyl sites for hydroxylation is 2. The minimum absolute atomic E-state index is 0.0633. The number of carbonyl (C=O) groups excluding carboxylic acids is 1. The van der Waals surface area contributed by atoms with E-state index in [2.05, 4.69) is 38.6 Å².